The molecule has 1 heterocycles. The van der Waals surface area contributed by atoms with Crippen molar-refractivity contribution < 1.29 is 17.0 Å². The largest absolute Gasteiger partial charge is 1.00 e. The topological polar surface area (TPSA) is 3.88 Å². The van der Waals surface area contributed by atoms with Gasteiger partial charge in [-0.15, -0.1) is 0 Å². The summed E-state index contributed by atoms with van der Waals surface area (Å²) >= 11 is 0. The third-order valence-electron chi connectivity index (χ3n) is 3.17. The molecule has 0 saturated carbocycles. The van der Waals surface area contributed by atoms with Gasteiger partial charge >= 0.3 is 0 Å². The molecule has 1 aromatic heterocycles. The molecule has 0 aliphatic rings. The average molecular weight is 262 g/mol. The molecule has 0 saturated heterocycles. The fourth-order valence-corrected chi connectivity index (χ4v) is 2.17. The van der Waals surface area contributed by atoms with E-state index in [-0.39, 0.29) is 12.4 Å². The first kappa shape index (κ1) is 14.7. The van der Waals surface area contributed by atoms with Crippen molar-refractivity contribution in [3.05, 3.63) is 65.5 Å². The average Bonchev–Trinajstić information content (AvgIpc) is 2.40. The molecule has 0 spiro atoms. The van der Waals surface area contributed by atoms with Crippen LogP contribution in [0.1, 0.15) is 30.5 Å². The fraction of sp³-hybridized carbons (Fsp3) is 0.312. The zero-order valence-corrected chi connectivity index (χ0v) is 11.8. The quantitative estimate of drug-likeness (QED) is 0.690. The molecule has 0 amide bonds. The van der Waals surface area contributed by atoms with Crippen LogP contribution in [0.3, 0.4) is 0 Å². The number of hydrogen-bond acceptors (Lipinski definition) is 0. The van der Waals surface area contributed by atoms with Gasteiger partial charge in [-0.3, -0.25) is 0 Å². The highest BCUT2D eigenvalue weighted by atomic mass is 35.5. The number of hydrogen-bond donors (Lipinski definition) is 0. The fourth-order valence-electron chi connectivity index (χ4n) is 2.17. The van der Waals surface area contributed by atoms with Gasteiger partial charge in [0.05, 0.1) is 0 Å². The van der Waals surface area contributed by atoms with E-state index in [1.807, 2.05) is 0 Å². The Hall–Kier alpha value is -1.34. The van der Waals surface area contributed by atoms with Gasteiger partial charge in [-0.05, 0) is 18.4 Å². The van der Waals surface area contributed by atoms with Crippen molar-refractivity contribution in [2.45, 2.75) is 33.2 Å². The molecular formula is C16H20ClN. The highest BCUT2D eigenvalue weighted by molar-refractivity contribution is 5.21. The summed E-state index contributed by atoms with van der Waals surface area (Å²) in [7, 11) is 0. The summed E-state index contributed by atoms with van der Waals surface area (Å²) in [5.74, 6) is 0. The van der Waals surface area contributed by atoms with Crippen molar-refractivity contribution in [1.29, 1.82) is 0 Å². The number of rotatable bonds is 4. The van der Waals surface area contributed by atoms with Gasteiger partial charge in [0.1, 0.15) is 0 Å². The van der Waals surface area contributed by atoms with E-state index in [1.54, 1.807) is 0 Å². The molecule has 0 bridgehead atoms. The minimum atomic E-state index is 0. The van der Waals surface area contributed by atoms with Crippen molar-refractivity contribution in [2.75, 3.05) is 0 Å². The molecule has 0 aliphatic carbocycles. The van der Waals surface area contributed by atoms with Crippen molar-refractivity contribution in [1.82, 2.24) is 0 Å². The lowest BCUT2D eigenvalue weighted by atomic mass is 10.1. The highest BCUT2D eigenvalue weighted by Crippen LogP contribution is 2.07. The monoisotopic (exact) mass is 261 g/mol. The van der Waals surface area contributed by atoms with Gasteiger partial charge in [-0.1, -0.05) is 44.2 Å². The Morgan fingerprint density at radius 3 is 2.17 bits per heavy atom. The first-order valence-corrected chi connectivity index (χ1v) is 6.38. The predicted octanol–water partition coefficient (Wildman–Crippen LogP) is 0.151. The number of benzene rings is 1. The maximum Gasteiger partial charge on any atom is 0.173 e. The van der Waals surface area contributed by atoms with Crippen LogP contribution in [-0.2, 0) is 19.4 Å². The summed E-state index contributed by atoms with van der Waals surface area (Å²) in [6.45, 7) is 5.40. The van der Waals surface area contributed by atoms with Crippen LogP contribution in [0.25, 0.3) is 0 Å². The molecule has 0 radical (unpaired) electrons. The standard InChI is InChI=1S/C16H20N.ClH/c1-3-15-10-11-17(13-16(15)4-2)12-14-8-6-5-7-9-14;/h5-11,13H,3-4,12H2,1-2H3;1H/q+1;/p-1. The second-order valence-electron chi connectivity index (χ2n) is 4.36. The first-order chi connectivity index (χ1) is 8.33. The van der Waals surface area contributed by atoms with Crippen LogP contribution in [0, 0.1) is 0 Å². The molecule has 2 heteroatoms. The van der Waals surface area contributed by atoms with Crippen molar-refractivity contribution in [3.8, 4) is 0 Å². The van der Waals surface area contributed by atoms with Crippen LogP contribution in [0.15, 0.2) is 48.8 Å². The number of halogens is 1. The molecule has 0 fully saturated rings. The van der Waals surface area contributed by atoms with Crippen LogP contribution in [0.5, 0.6) is 0 Å². The highest BCUT2D eigenvalue weighted by Gasteiger charge is 2.07. The van der Waals surface area contributed by atoms with Crippen LogP contribution in [0.4, 0.5) is 0 Å². The number of aromatic nitrogens is 1. The molecular weight excluding hydrogens is 242 g/mol. The Morgan fingerprint density at radius 1 is 0.889 bits per heavy atom. The summed E-state index contributed by atoms with van der Waals surface area (Å²) in [5, 5.41) is 0. The number of nitrogens with zero attached hydrogens (tertiary/aromatic N) is 1. The van der Waals surface area contributed by atoms with Gasteiger partial charge < -0.3 is 12.4 Å². The molecule has 0 N–H and O–H groups in total. The van der Waals surface area contributed by atoms with Gasteiger partial charge in [-0.2, -0.15) is 0 Å². The lowest BCUT2D eigenvalue weighted by Gasteiger charge is -2.04. The zero-order valence-electron chi connectivity index (χ0n) is 11.1. The van der Waals surface area contributed by atoms with Crippen molar-refractivity contribution >= 4 is 0 Å². The third kappa shape index (κ3) is 3.58. The van der Waals surface area contributed by atoms with Crippen LogP contribution in [0.2, 0.25) is 0 Å². The minimum Gasteiger partial charge on any atom is -1.00 e. The smallest absolute Gasteiger partial charge is 0.173 e. The van der Waals surface area contributed by atoms with Crippen LogP contribution in [-0.4, -0.2) is 0 Å². The molecule has 1 aromatic carbocycles. The summed E-state index contributed by atoms with van der Waals surface area (Å²) < 4.78 is 2.27. The molecule has 2 aromatic rings. The van der Waals surface area contributed by atoms with Crippen LogP contribution >= 0.6 is 0 Å². The van der Waals surface area contributed by atoms with E-state index in [2.05, 4.69) is 67.2 Å². The molecule has 1 nitrogen and oxygen atoms in total. The maximum atomic E-state index is 2.28. The van der Waals surface area contributed by atoms with Gasteiger partial charge in [0, 0.05) is 17.2 Å². The number of aryl methyl sites for hydroxylation is 2. The van der Waals surface area contributed by atoms with Gasteiger partial charge in [-0.25, -0.2) is 4.57 Å². The Bertz CT molecular complexity index is 480. The summed E-state index contributed by atoms with van der Waals surface area (Å²) in [6.07, 6.45) is 6.70. The molecule has 0 atom stereocenters. The van der Waals surface area contributed by atoms with Gasteiger partial charge in [0.2, 0.25) is 0 Å². The Kier molecular flexibility index (Phi) is 5.87. The second-order valence-corrected chi connectivity index (χ2v) is 4.36. The summed E-state index contributed by atoms with van der Waals surface area (Å²) in [5.41, 5.74) is 4.28. The van der Waals surface area contributed by atoms with E-state index in [4.69, 9.17) is 0 Å². The Balaban J connectivity index is 0.00000162. The zero-order chi connectivity index (χ0) is 12.1. The molecule has 2 rings (SSSR count). The van der Waals surface area contributed by atoms with E-state index in [0.29, 0.717) is 0 Å². The molecule has 0 aliphatic heterocycles. The van der Waals surface area contributed by atoms with Gasteiger partial charge in [0.15, 0.2) is 18.9 Å². The second kappa shape index (κ2) is 7.17. The van der Waals surface area contributed by atoms with Crippen molar-refractivity contribution in [2.24, 2.45) is 0 Å². The van der Waals surface area contributed by atoms with Crippen LogP contribution < -0.4 is 17.0 Å². The predicted molar refractivity (Wildman–Crippen MR) is 70.9 cm³/mol. The van der Waals surface area contributed by atoms with Crippen molar-refractivity contribution in [3.63, 3.8) is 0 Å². The van der Waals surface area contributed by atoms with E-state index in [1.165, 1.54) is 16.7 Å². The van der Waals surface area contributed by atoms with E-state index in [9.17, 15) is 0 Å². The first-order valence-electron chi connectivity index (χ1n) is 6.38. The Morgan fingerprint density at radius 2 is 1.56 bits per heavy atom. The Labute approximate surface area is 116 Å². The lowest BCUT2D eigenvalue weighted by molar-refractivity contribution is -0.688. The van der Waals surface area contributed by atoms with E-state index in [0.717, 1.165) is 19.4 Å². The molecule has 96 valence electrons. The van der Waals surface area contributed by atoms with Gasteiger partial charge in [0.25, 0.3) is 0 Å². The normalized spacial score (nSPS) is 9.89. The molecule has 0 unspecified atom stereocenters. The molecule has 18 heavy (non-hydrogen) atoms. The summed E-state index contributed by atoms with van der Waals surface area (Å²) in [4.78, 5) is 0. The number of pyridine rings is 1. The lowest BCUT2D eigenvalue weighted by Crippen LogP contribution is -3.00. The third-order valence-corrected chi connectivity index (χ3v) is 3.17. The SMILES string of the molecule is CCc1cc[n+](Cc2ccccc2)cc1CC.[Cl-]. The minimum absolute atomic E-state index is 0. The van der Waals surface area contributed by atoms with E-state index < -0.39 is 0 Å². The van der Waals surface area contributed by atoms with E-state index >= 15 is 0 Å². The maximum absolute atomic E-state index is 2.28. The summed E-state index contributed by atoms with van der Waals surface area (Å²) in [6, 6.07) is 12.8.